The Morgan fingerprint density at radius 1 is 1.31 bits per heavy atom. The average Bonchev–Trinajstić information content (AvgIpc) is 3.03. The minimum Gasteiger partial charge on any atom is -0.478 e. The number of carboxylic acid groups (broad SMARTS) is 1. The number of carbonyl (C=O) groups is 1. The zero-order valence-electron chi connectivity index (χ0n) is 14.1. The number of nitrogens with zero attached hydrogens (tertiary/aromatic N) is 4. The largest absolute Gasteiger partial charge is 0.478 e. The lowest BCUT2D eigenvalue weighted by Crippen LogP contribution is -2.12. The first-order valence-corrected chi connectivity index (χ1v) is 8.36. The number of hydrogen-bond acceptors (Lipinski definition) is 4. The molecule has 8 heteroatoms. The predicted molar refractivity (Wildman–Crippen MR) is 95.1 cm³/mol. The Hall–Kier alpha value is -2.80. The summed E-state index contributed by atoms with van der Waals surface area (Å²) >= 11 is 6.22. The van der Waals surface area contributed by atoms with Crippen LogP contribution in [0.4, 0.5) is 4.39 Å². The molecule has 0 saturated carbocycles. The lowest BCUT2D eigenvalue weighted by molar-refractivity contribution is 0.0692. The highest BCUT2D eigenvalue weighted by Gasteiger charge is 2.25. The van der Waals surface area contributed by atoms with Crippen LogP contribution in [-0.2, 0) is 6.42 Å². The molecule has 26 heavy (non-hydrogen) atoms. The molecule has 0 amide bonds. The van der Waals surface area contributed by atoms with Crippen LogP contribution in [0.2, 0.25) is 5.02 Å². The zero-order chi connectivity index (χ0) is 18.8. The Kier molecular flexibility index (Phi) is 4.99. The molecular formula is C18H16ClFN4O2. The number of aromatic nitrogens is 4. The highest BCUT2D eigenvalue weighted by molar-refractivity contribution is 6.36. The van der Waals surface area contributed by atoms with Crippen LogP contribution in [0.25, 0.3) is 16.8 Å². The van der Waals surface area contributed by atoms with Gasteiger partial charge in [-0.1, -0.05) is 55.8 Å². The Balaban J connectivity index is 2.28. The summed E-state index contributed by atoms with van der Waals surface area (Å²) in [4.78, 5) is 11.6. The summed E-state index contributed by atoms with van der Waals surface area (Å²) in [5.74, 6) is -1.75. The molecule has 6 nitrogen and oxygen atoms in total. The lowest BCUT2D eigenvalue weighted by atomic mass is 10.0. The second-order valence-corrected chi connectivity index (χ2v) is 6.60. The topological polar surface area (TPSA) is 80.9 Å². The van der Waals surface area contributed by atoms with E-state index >= 15 is 0 Å². The Bertz CT molecular complexity index is 957. The number of rotatable bonds is 5. The monoisotopic (exact) mass is 374 g/mol. The summed E-state index contributed by atoms with van der Waals surface area (Å²) in [7, 11) is 0. The van der Waals surface area contributed by atoms with Crippen LogP contribution >= 0.6 is 11.6 Å². The maximum atomic E-state index is 15.0. The van der Waals surface area contributed by atoms with Gasteiger partial charge in [0.25, 0.3) is 0 Å². The third kappa shape index (κ3) is 3.30. The third-order valence-electron chi connectivity index (χ3n) is 3.83. The predicted octanol–water partition coefficient (Wildman–Crippen LogP) is 4.02. The summed E-state index contributed by atoms with van der Waals surface area (Å²) in [6.45, 7) is 3.96. The minimum absolute atomic E-state index is 0.0497. The van der Waals surface area contributed by atoms with Gasteiger partial charge >= 0.3 is 5.97 Å². The molecule has 0 fully saturated rings. The molecule has 1 heterocycles. The van der Waals surface area contributed by atoms with E-state index in [0.717, 1.165) is 0 Å². The van der Waals surface area contributed by atoms with Crippen molar-refractivity contribution >= 4 is 17.6 Å². The van der Waals surface area contributed by atoms with Crippen LogP contribution in [0.5, 0.6) is 0 Å². The van der Waals surface area contributed by atoms with Crippen molar-refractivity contribution in [2.45, 2.75) is 20.3 Å². The van der Waals surface area contributed by atoms with Crippen molar-refractivity contribution in [3.05, 3.63) is 58.6 Å². The first-order chi connectivity index (χ1) is 12.4. The Labute approximate surface area is 154 Å². The smallest absolute Gasteiger partial charge is 0.340 e. The van der Waals surface area contributed by atoms with Crippen LogP contribution in [0.3, 0.4) is 0 Å². The first kappa shape index (κ1) is 18.0. The Morgan fingerprint density at radius 3 is 2.62 bits per heavy atom. The van der Waals surface area contributed by atoms with Gasteiger partial charge in [-0.2, -0.15) is 4.68 Å². The van der Waals surface area contributed by atoms with Crippen molar-refractivity contribution in [3.8, 4) is 16.8 Å². The zero-order valence-corrected chi connectivity index (χ0v) is 14.9. The molecule has 134 valence electrons. The van der Waals surface area contributed by atoms with E-state index in [1.807, 2.05) is 19.9 Å². The van der Waals surface area contributed by atoms with E-state index in [1.54, 1.807) is 24.3 Å². The Morgan fingerprint density at radius 2 is 2.00 bits per heavy atom. The standard InChI is InChI=1S/C18H16ClFN4O2/c1-10(2)8-14-21-22-23-24(14)13-9-12(11-6-4-3-5-7-11)16(19)15(17(13)20)18(25)26/h3-7,9-10H,8H2,1-2H3,(H,25,26). The van der Waals surface area contributed by atoms with E-state index in [1.165, 1.54) is 10.7 Å². The van der Waals surface area contributed by atoms with Crippen molar-refractivity contribution < 1.29 is 14.3 Å². The van der Waals surface area contributed by atoms with Gasteiger partial charge in [0.1, 0.15) is 11.3 Å². The second kappa shape index (κ2) is 7.21. The second-order valence-electron chi connectivity index (χ2n) is 6.22. The molecule has 0 spiro atoms. The van der Waals surface area contributed by atoms with Gasteiger partial charge in [-0.05, 0) is 28.0 Å². The molecule has 3 aromatic rings. The number of halogens is 2. The van der Waals surface area contributed by atoms with Gasteiger partial charge in [-0.25, -0.2) is 9.18 Å². The fourth-order valence-corrected chi connectivity index (χ4v) is 3.00. The molecule has 3 rings (SSSR count). The summed E-state index contributed by atoms with van der Waals surface area (Å²) in [5, 5.41) is 20.7. The summed E-state index contributed by atoms with van der Waals surface area (Å²) < 4.78 is 16.2. The number of aromatic carboxylic acids is 1. The van der Waals surface area contributed by atoms with Crippen LogP contribution in [0.1, 0.15) is 30.0 Å². The van der Waals surface area contributed by atoms with Gasteiger partial charge in [0.15, 0.2) is 11.6 Å². The normalized spacial score (nSPS) is 11.1. The number of hydrogen-bond donors (Lipinski definition) is 1. The van der Waals surface area contributed by atoms with Crippen molar-refractivity contribution in [2.75, 3.05) is 0 Å². The van der Waals surface area contributed by atoms with E-state index in [2.05, 4.69) is 15.5 Å². The molecule has 0 aliphatic carbocycles. The van der Waals surface area contributed by atoms with Gasteiger partial charge in [-0.3, -0.25) is 0 Å². The first-order valence-electron chi connectivity index (χ1n) is 7.98. The summed E-state index contributed by atoms with van der Waals surface area (Å²) in [6.07, 6.45) is 0.512. The molecule has 2 aromatic carbocycles. The van der Waals surface area contributed by atoms with Crippen molar-refractivity contribution in [3.63, 3.8) is 0 Å². The van der Waals surface area contributed by atoms with E-state index in [0.29, 0.717) is 23.4 Å². The van der Waals surface area contributed by atoms with Crippen LogP contribution in [0.15, 0.2) is 36.4 Å². The molecule has 0 aliphatic rings. The number of benzene rings is 2. The quantitative estimate of drug-likeness (QED) is 0.729. The summed E-state index contributed by atoms with van der Waals surface area (Å²) in [6, 6.07) is 10.4. The van der Waals surface area contributed by atoms with E-state index in [4.69, 9.17) is 11.6 Å². The van der Waals surface area contributed by atoms with E-state index in [-0.39, 0.29) is 16.6 Å². The number of tetrazole rings is 1. The van der Waals surface area contributed by atoms with Crippen molar-refractivity contribution in [1.82, 2.24) is 20.2 Å². The summed E-state index contributed by atoms with van der Waals surface area (Å²) in [5.41, 5.74) is 0.409. The SMILES string of the molecule is CC(C)Cc1nnnn1-c1cc(-c2ccccc2)c(Cl)c(C(=O)O)c1F. The molecule has 0 unspecified atom stereocenters. The fourth-order valence-electron chi connectivity index (χ4n) is 2.68. The molecule has 0 atom stereocenters. The van der Waals surface area contributed by atoms with Gasteiger partial charge in [-0.15, -0.1) is 5.10 Å². The highest BCUT2D eigenvalue weighted by atomic mass is 35.5. The molecule has 0 aliphatic heterocycles. The van der Waals surface area contributed by atoms with Gasteiger partial charge in [0.2, 0.25) is 0 Å². The molecule has 1 aromatic heterocycles. The molecule has 0 bridgehead atoms. The number of carboxylic acids is 1. The van der Waals surface area contributed by atoms with Crippen LogP contribution in [0, 0.1) is 11.7 Å². The maximum Gasteiger partial charge on any atom is 0.340 e. The average molecular weight is 375 g/mol. The minimum atomic E-state index is -1.45. The van der Waals surface area contributed by atoms with E-state index < -0.39 is 17.3 Å². The molecule has 0 radical (unpaired) electrons. The third-order valence-corrected chi connectivity index (χ3v) is 4.23. The molecule has 1 N–H and O–H groups in total. The van der Waals surface area contributed by atoms with Gasteiger partial charge in [0.05, 0.1) is 5.02 Å². The van der Waals surface area contributed by atoms with Crippen LogP contribution < -0.4 is 0 Å². The molecular weight excluding hydrogens is 359 g/mol. The van der Waals surface area contributed by atoms with Gasteiger partial charge in [0, 0.05) is 12.0 Å². The molecule has 0 saturated heterocycles. The maximum absolute atomic E-state index is 15.0. The van der Waals surface area contributed by atoms with E-state index in [9.17, 15) is 14.3 Å². The lowest BCUT2D eigenvalue weighted by Gasteiger charge is -2.14. The van der Waals surface area contributed by atoms with Gasteiger partial charge < -0.3 is 5.11 Å². The highest BCUT2D eigenvalue weighted by Crippen LogP contribution is 2.35. The van der Waals surface area contributed by atoms with Crippen molar-refractivity contribution in [2.24, 2.45) is 5.92 Å². The van der Waals surface area contributed by atoms with Crippen LogP contribution in [-0.4, -0.2) is 31.3 Å². The fraction of sp³-hybridized carbons (Fsp3) is 0.222. The van der Waals surface area contributed by atoms with Crippen molar-refractivity contribution in [1.29, 1.82) is 0 Å².